The van der Waals surface area contributed by atoms with Gasteiger partial charge in [0.25, 0.3) is 0 Å². The predicted octanol–water partition coefficient (Wildman–Crippen LogP) is 2.81. The van der Waals surface area contributed by atoms with E-state index in [0.29, 0.717) is 17.1 Å². The fourth-order valence-corrected chi connectivity index (χ4v) is 4.07. The van der Waals surface area contributed by atoms with Crippen molar-refractivity contribution < 1.29 is 13.2 Å². The molecule has 150 valence electrons. The molecule has 1 saturated heterocycles. The van der Waals surface area contributed by atoms with Gasteiger partial charge in [-0.05, 0) is 50.1 Å². The highest BCUT2D eigenvalue weighted by Gasteiger charge is 2.18. The fourth-order valence-electron chi connectivity index (χ4n) is 3.14. The summed E-state index contributed by atoms with van der Waals surface area (Å²) in [5.74, 6) is 2.10. The Kier molecular flexibility index (Phi) is 6.00. The maximum absolute atomic E-state index is 12.4. The van der Waals surface area contributed by atoms with Gasteiger partial charge in [-0.3, -0.25) is 0 Å². The van der Waals surface area contributed by atoms with E-state index in [0.717, 1.165) is 24.6 Å². The lowest BCUT2D eigenvalue weighted by molar-refractivity contribution is 0.413. The highest BCUT2D eigenvalue weighted by atomic mass is 32.2. The van der Waals surface area contributed by atoms with Crippen LogP contribution >= 0.6 is 0 Å². The number of aryl methyl sites for hydroxylation is 1. The van der Waals surface area contributed by atoms with Gasteiger partial charge in [-0.2, -0.15) is 0 Å². The van der Waals surface area contributed by atoms with Gasteiger partial charge in [0.05, 0.1) is 12.0 Å². The average molecular weight is 403 g/mol. The normalized spacial score (nSPS) is 15.0. The molecule has 0 amide bonds. The molecule has 7 nitrogen and oxygen atoms in total. The predicted molar refractivity (Wildman–Crippen MR) is 111 cm³/mol. The van der Waals surface area contributed by atoms with Gasteiger partial charge >= 0.3 is 0 Å². The van der Waals surface area contributed by atoms with Crippen LogP contribution < -0.4 is 9.64 Å². The Morgan fingerprint density at radius 2 is 1.82 bits per heavy atom. The summed E-state index contributed by atoms with van der Waals surface area (Å²) < 4.78 is 31.4. The van der Waals surface area contributed by atoms with E-state index in [1.165, 1.54) is 31.2 Å². The molecule has 28 heavy (non-hydrogen) atoms. The van der Waals surface area contributed by atoms with E-state index < -0.39 is 10.0 Å². The fraction of sp³-hybridized carbons (Fsp3) is 0.400. The lowest BCUT2D eigenvalue weighted by Gasteiger charge is -2.16. The van der Waals surface area contributed by atoms with Crippen LogP contribution in [0.2, 0.25) is 0 Å². The Morgan fingerprint density at radius 3 is 2.46 bits per heavy atom. The maximum atomic E-state index is 12.4. The molecular weight excluding hydrogens is 376 g/mol. The number of benzene rings is 1. The largest absolute Gasteiger partial charge is 0.496 e. The molecule has 1 aliphatic heterocycles. The van der Waals surface area contributed by atoms with E-state index in [2.05, 4.69) is 14.9 Å². The smallest absolute Gasteiger partial charge is 0.242 e. The molecule has 1 aliphatic rings. The second-order valence-electron chi connectivity index (χ2n) is 6.94. The SMILES string of the molecule is COc1ccc(S(=O)(=O)N(C)C)cc1/C=C/c1nc(C)cc(N2CCCC2)n1. The Hall–Kier alpha value is -2.45. The van der Waals surface area contributed by atoms with Crippen LogP contribution in [0.25, 0.3) is 12.2 Å². The summed E-state index contributed by atoms with van der Waals surface area (Å²) in [4.78, 5) is 11.6. The number of aromatic nitrogens is 2. The molecule has 2 aromatic rings. The molecule has 0 unspecified atom stereocenters. The van der Waals surface area contributed by atoms with Crippen LogP contribution in [0.3, 0.4) is 0 Å². The van der Waals surface area contributed by atoms with Crippen LogP contribution in [-0.4, -0.2) is 57.0 Å². The summed E-state index contributed by atoms with van der Waals surface area (Å²) in [6, 6.07) is 6.79. The molecule has 0 radical (unpaired) electrons. The van der Waals surface area contributed by atoms with Gasteiger partial charge in [0.15, 0.2) is 5.82 Å². The van der Waals surface area contributed by atoms with E-state index in [1.54, 1.807) is 37.5 Å². The minimum Gasteiger partial charge on any atom is -0.496 e. The minimum absolute atomic E-state index is 0.209. The molecule has 0 spiro atoms. The summed E-state index contributed by atoms with van der Waals surface area (Å²) >= 11 is 0. The second-order valence-corrected chi connectivity index (χ2v) is 9.10. The number of anilines is 1. The van der Waals surface area contributed by atoms with Crippen LogP contribution in [0.5, 0.6) is 5.75 Å². The van der Waals surface area contributed by atoms with E-state index in [4.69, 9.17) is 4.74 Å². The summed E-state index contributed by atoms with van der Waals surface area (Å²) in [6.07, 6.45) is 5.93. The van der Waals surface area contributed by atoms with Crippen molar-refractivity contribution in [3.05, 3.63) is 41.3 Å². The lowest BCUT2D eigenvalue weighted by atomic mass is 10.2. The topological polar surface area (TPSA) is 75.6 Å². The first-order chi connectivity index (χ1) is 13.3. The van der Waals surface area contributed by atoms with Gasteiger partial charge in [-0.25, -0.2) is 22.7 Å². The molecule has 1 aromatic heterocycles. The molecule has 2 heterocycles. The van der Waals surface area contributed by atoms with Crippen LogP contribution in [0.15, 0.2) is 29.2 Å². The molecule has 8 heteroatoms. The number of methoxy groups -OCH3 is 1. The molecule has 1 aromatic carbocycles. The molecule has 0 saturated carbocycles. The number of rotatable bonds is 6. The lowest BCUT2D eigenvalue weighted by Crippen LogP contribution is -2.22. The Bertz CT molecular complexity index is 981. The summed E-state index contributed by atoms with van der Waals surface area (Å²) in [5.41, 5.74) is 1.55. The highest BCUT2D eigenvalue weighted by molar-refractivity contribution is 7.89. The summed E-state index contributed by atoms with van der Waals surface area (Å²) in [7, 11) is 1.05. The van der Waals surface area contributed by atoms with Crippen LogP contribution in [-0.2, 0) is 10.0 Å². The first kappa shape index (κ1) is 20.3. The van der Waals surface area contributed by atoms with Crippen molar-refractivity contribution in [2.45, 2.75) is 24.7 Å². The zero-order valence-electron chi connectivity index (χ0n) is 16.7. The van der Waals surface area contributed by atoms with Crippen molar-refractivity contribution in [1.82, 2.24) is 14.3 Å². The quantitative estimate of drug-likeness (QED) is 0.740. The van der Waals surface area contributed by atoms with Crippen molar-refractivity contribution in [3.63, 3.8) is 0 Å². The zero-order valence-corrected chi connectivity index (χ0v) is 17.5. The Labute approximate surface area is 166 Å². The third-order valence-corrected chi connectivity index (χ3v) is 6.49. The number of hydrogen-bond donors (Lipinski definition) is 0. The van der Waals surface area contributed by atoms with Gasteiger partial charge in [0.1, 0.15) is 11.6 Å². The standard InChI is InChI=1S/C20H26N4O3S/c1-15-13-20(24-11-5-6-12-24)22-19(21-15)10-7-16-14-17(8-9-18(16)27-4)28(25,26)23(2)3/h7-10,13-14H,5-6,11-12H2,1-4H3/b10-7+. The van der Waals surface area contributed by atoms with Crippen molar-refractivity contribution >= 4 is 28.0 Å². The van der Waals surface area contributed by atoms with Gasteiger partial charge in [-0.15, -0.1) is 0 Å². The number of nitrogens with zero attached hydrogens (tertiary/aromatic N) is 4. The molecule has 0 aliphatic carbocycles. The van der Waals surface area contributed by atoms with E-state index >= 15 is 0 Å². The first-order valence-electron chi connectivity index (χ1n) is 9.20. The zero-order chi connectivity index (χ0) is 20.3. The maximum Gasteiger partial charge on any atom is 0.242 e. The van der Waals surface area contributed by atoms with E-state index in [9.17, 15) is 8.42 Å². The van der Waals surface area contributed by atoms with Crippen molar-refractivity contribution in [1.29, 1.82) is 0 Å². The molecule has 0 bridgehead atoms. The van der Waals surface area contributed by atoms with Crippen LogP contribution in [0.4, 0.5) is 5.82 Å². The molecule has 0 atom stereocenters. The van der Waals surface area contributed by atoms with E-state index in [1.807, 2.05) is 13.0 Å². The number of sulfonamides is 1. The minimum atomic E-state index is -3.53. The Morgan fingerprint density at radius 1 is 1.11 bits per heavy atom. The van der Waals surface area contributed by atoms with Crippen molar-refractivity contribution in [2.75, 3.05) is 39.2 Å². The van der Waals surface area contributed by atoms with Crippen LogP contribution in [0.1, 0.15) is 29.9 Å². The summed E-state index contributed by atoms with van der Waals surface area (Å²) in [5, 5.41) is 0. The Balaban J connectivity index is 1.95. The second kappa shape index (κ2) is 8.28. The number of hydrogen-bond acceptors (Lipinski definition) is 6. The average Bonchev–Trinajstić information content (AvgIpc) is 3.20. The van der Waals surface area contributed by atoms with Crippen molar-refractivity contribution in [3.8, 4) is 5.75 Å². The molecule has 1 fully saturated rings. The molecule has 3 rings (SSSR count). The third kappa shape index (κ3) is 4.34. The van der Waals surface area contributed by atoms with Crippen molar-refractivity contribution in [2.24, 2.45) is 0 Å². The molecule has 0 N–H and O–H groups in total. The van der Waals surface area contributed by atoms with Gasteiger partial charge in [0, 0.05) is 44.5 Å². The number of ether oxygens (including phenoxy) is 1. The van der Waals surface area contributed by atoms with Gasteiger partial charge < -0.3 is 9.64 Å². The van der Waals surface area contributed by atoms with Gasteiger partial charge in [0.2, 0.25) is 10.0 Å². The third-order valence-electron chi connectivity index (χ3n) is 4.68. The highest BCUT2D eigenvalue weighted by Crippen LogP contribution is 2.26. The summed E-state index contributed by atoms with van der Waals surface area (Å²) in [6.45, 7) is 3.97. The monoisotopic (exact) mass is 402 g/mol. The first-order valence-corrected chi connectivity index (χ1v) is 10.6. The van der Waals surface area contributed by atoms with E-state index in [-0.39, 0.29) is 4.90 Å². The molecular formula is C20H26N4O3S. The van der Waals surface area contributed by atoms with Gasteiger partial charge in [-0.1, -0.05) is 0 Å². The van der Waals surface area contributed by atoms with Crippen LogP contribution in [0, 0.1) is 6.92 Å².